The zero-order chi connectivity index (χ0) is 17.6. The smallest absolute Gasteiger partial charge is 0.156 e. The van der Waals surface area contributed by atoms with E-state index in [1.54, 1.807) is 18.2 Å². The molecule has 0 fully saturated rings. The molecule has 2 aromatic carbocycles. The van der Waals surface area contributed by atoms with Crippen molar-refractivity contribution < 1.29 is 9.84 Å². The Kier molecular flexibility index (Phi) is 6.38. The van der Waals surface area contributed by atoms with Crippen molar-refractivity contribution in [1.82, 2.24) is 4.90 Å². The summed E-state index contributed by atoms with van der Waals surface area (Å²) < 4.78 is 5.61. The third kappa shape index (κ3) is 4.99. The van der Waals surface area contributed by atoms with Crippen LogP contribution < -0.4 is 4.74 Å². The molecule has 0 aliphatic carbocycles. The first-order chi connectivity index (χ1) is 12.1. The topological polar surface area (TPSA) is 32.7 Å². The Morgan fingerprint density at radius 1 is 1.04 bits per heavy atom. The number of aliphatic hydroxyl groups is 1. The molecule has 132 valence electrons. The summed E-state index contributed by atoms with van der Waals surface area (Å²) in [7, 11) is 0. The minimum absolute atomic E-state index is 0.162. The third-order valence-electron chi connectivity index (χ3n) is 4.25. The fourth-order valence-corrected chi connectivity index (χ4v) is 3.45. The maximum atomic E-state index is 10.3. The summed E-state index contributed by atoms with van der Waals surface area (Å²) in [5.41, 5.74) is 2.64. The van der Waals surface area contributed by atoms with Gasteiger partial charge in [0.25, 0.3) is 0 Å². The molecule has 25 heavy (non-hydrogen) atoms. The number of hydrogen-bond acceptors (Lipinski definition) is 3. The molecule has 2 aromatic rings. The van der Waals surface area contributed by atoms with Gasteiger partial charge in [0.2, 0.25) is 0 Å². The Morgan fingerprint density at radius 2 is 1.76 bits per heavy atom. The van der Waals surface area contributed by atoms with Crippen LogP contribution in [-0.4, -0.2) is 42.4 Å². The van der Waals surface area contributed by atoms with Crippen LogP contribution in [0, 0.1) is 0 Å². The number of rotatable bonds is 6. The van der Waals surface area contributed by atoms with Crippen LogP contribution in [0.5, 0.6) is 5.75 Å². The van der Waals surface area contributed by atoms with Crippen molar-refractivity contribution in [3.63, 3.8) is 0 Å². The lowest BCUT2D eigenvalue weighted by molar-refractivity contribution is 0.0717. The SMILES string of the molecule is O[C@@H](COc1c(Cl)cccc1Cl)CN1CC=C(c2ccccc2)CC1. The van der Waals surface area contributed by atoms with Gasteiger partial charge >= 0.3 is 0 Å². The molecule has 0 spiro atoms. The maximum Gasteiger partial charge on any atom is 0.156 e. The zero-order valence-corrected chi connectivity index (χ0v) is 15.4. The Balaban J connectivity index is 1.49. The molecular weight excluding hydrogens is 357 g/mol. The summed E-state index contributed by atoms with van der Waals surface area (Å²) in [6, 6.07) is 15.6. The lowest BCUT2D eigenvalue weighted by atomic mass is 9.99. The van der Waals surface area contributed by atoms with Gasteiger partial charge in [0.05, 0.1) is 10.0 Å². The predicted molar refractivity (Wildman–Crippen MR) is 103 cm³/mol. The van der Waals surface area contributed by atoms with Gasteiger partial charge in [0, 0.05) is 19.6 Å². The van der Waals surface area contributed by atoms with Gasteiger partial charge in [-0.2, -0.15) is 0 Å². The lowest BCUT2D eigenvalue weighted by Crippen LogP contribution is -2.38. The van der Waals surface area contributed by atoms with E-state index >= 15 is 0 Å². The molecule has 0 bridgehead atoms. The van der Waals surface area contributed by atoms with Crippen LogP contribution in [0.15, 0.2) is 54.6 Å². The highest BCUT2D eigenvalue weighted by Crippen LogP contribution is 2.32. The summed E-state index contributed by atoms with van der Waals surface area (Å²) in [6.07, 6.45) is 2.62. The van der Waals surface area contributed by atoms with E-state index in [1.165, 1.54) is 11.1 Å². The summed E-state index contributed by atoms with van der Waals surface area (Å²) in [6.45, 7) is 2.47. The second kappa shape index (κ2) is 8.72. The van der Waals surface area contributed by atoms with Crippen LogP contribution in [0.4, 0.5) is 0 Å². The Hall–Kier alpha value is -1.52. The van der Waals surface area contributed by atoms with E-state index in [1.807, 2.05) is 6.07 Å². The van der Waals surface area contributed by atoms with Gasteiger partial charge in [0.1, 0.15) is 12.7 Å². The van der Waals surface area contributed by atoms with Crippen molar-refractivity contribution in [2.45, 2.75) is 12.5 Å². The second-order valence-corrected chi connectivity index (χ2v) is 6.93. The minimum atomic E-state index is -0.598. The molecule has 5 heteroatoms. The van der Waals surface area contributed by atoms with Crippen molar-refractivity contribution in [2.75, 3.05) is 26.2 Å². The predicted octanol–water partition coefficient (Wildman–Crippen LogP) is 4.52. The molecular formula is C20H21Cl2NO2. The van der Waals surface area contributed by atoms with Crippen LogP contribution >= 0.6 is 23.2 Å². The number of para-hydroxylation sites is 1. The van der Waals surface area contributed by atoms with Crippen LogP contribution in [0.1, 0.15) is 12.0 Å². The van der Waals surface area contributed by atoms with Gasteiger partial charge in [-0.05, 0) is 29.7 Å². The molecule has 0 unspecified atom stereocenters. The monoisotopic (exact) mass is 377 g/mol. The van der Waals surface area contributed by atoms with Crippen molar-refractivity contribution in [2.24, 2.45) is 0 Å². The average molecular weight is 378 g/mol. The first-order valence-electron chi connectivity index (χ1n) is 8.35. The molecule has 1 aliphatic rings. The van der Waals surface area contributed by atoms with E-state index in [0.717, 1.165) is 19.5 Å². The molecule has 1 atom stereocenters. The average Bonchev–Trinajstić information content (AvgIpc) is 2.63. The summed E-state index contributed by atoms with van der Waals surface area (Å²) >= 11 is 12.1. The first kappa shape index (κ1) is 18.3. The van der Waals surface area contributed by atoms with Gasteiger partial charge in [-0.1, -0.05) is 65.7 Å². The highest BCUT2D eigenvalue weighted by molar-refractivity contribution is 6.37. The molecule has 0 aromatic heterocycles. The number of benzene rings is 2. The second-order valence-electron chi connectivity index (χ2n) is 6.12. The molecule has 3 nitrogen and oxygen atoms in total. The van der Waals surface area contributed by atoms with E-state index in [0.29, 0.717) is 22.3 Å². The molecule has 0 saturated carbocycles. The quantitative estimate of drug-likeness (QED) is 0.802. The summed E-state index contributed by atoms with van der Waals surface area (Å²) in [4.78, 5) is 2.22. The van der Waals surface area contributed by atoms with Crippen molar-refractivity contribution >= 4 is 28.8 Å². The first-order valence-corrected chi connectivity index (χ1v) is 9.11. The lowest BCUT2D eigenvalue weighted by Gasteiger charge is -2.28. The number of β-amino-alcohol motifs (C(OH)–C–C–N with tert-alkyl or cyclic N) is 1. The highest BCUT2D eigenvalue weighted by Gasteiger charge is 2.17. The standard InChI is InChI=1S/C20H21Cl2NO2/c21-18-7-4-8-19(22)20(18)25-14-17(24)13-23-11-9-16(10-12-23)15-5-2-1-3-6-15/h1-9,17,24H,10-14H2/t17-/m1/s1. The van der Waals surface area contributed by atoms with Crippen molar-refractivity contribution in [3.05, 3.63) is 70.2 Å². The third-order valence-corrected chi connectivity index (χ3v) is 4.84. The van der Waals surface area contributed by atoms with Gasteiger partial charge in [0.15, 0.2) is 5.75 Å². The number of halogens is 2. The molecule has 3 rings (SSSR count). The van der Waals surface area contributed by atoms with E-state index in [-0.39, 0.29) is 6.61 Å². The molecule has 1 heterocycles. The number of hydrogen-bond donors (Lipinski definition) is 1. The van der Waals surface area contributed by atoms with Crippen molar-refractivity contribution in [3.8, 4) is 5.75 Å². The van der Waals surface area contributed by atoms with Crippen molar-refractivity contribution in [1.29, 1.82) is 0 Å². The Morgan fingerprint density at radius 3 is 2.40 bits per heavy atom. The summed E-state index contributed by atoms with van der Waals surface area (Å²) in [5, 5.41) is 11.2. The van der Waals surface area contributed by atoms with Crippen LogP contribution in [-0.2, 0) is 0 Å². The molecule has 1 N–H and O–H groups in total. The molecule has 0 saturated heterocycles. The van der Waals surface area contributed by atoms with Gasteiger partial charge in [-0.15, -0.1) is 0 Å². The molecule has 0 radical (unpaired) electrons. The number of nitrogens with zero attached hydrogens (tertiary/aromatic N) is 1. The maximum absolute atomic E-state index is 10.3. The number of aliphatic hydroxyl groups excluding tert-OH is 1. The highest BCUT2D eigenvalue weighted by atomic mass is 35.5. The van der Waals surface area contributed by atoms with Gasteiger partial charge in [-0.25, -0.2) is 0 Å². The molecule has 1 aliphatic heterocycles. The Labute approximate surface area is 158 Å². The fraction of sp³-hybridized carbons (Fsp3) is 0.300. The van der Waals surface area contributed by atoms with Gasteiger partial charge in [-0.3, -0.25) is 4.90 Å². The zero-order valence-electron chi connectivity index (χ0n) is 13.9. The Bertz CT molecular complexity index is 713. The fourth-order valence-electron chi connectivity index (χ4n) is 2.94. The normalized spacial score (nSPS) is 16.4. The van der Waals surface area contributed by atoms with E-state index in [4.69, 9.17) is 27.9 Å². The van der Waals surface area contributed by atoms with E-state index < -0.39 is 6.10 Å². The van der Waals surface area contributed by atoms with Crippen LogP contribution in [0.2, 0.25) is 10.0 Å². The molecule has 0 amide bonds. The van der Waals surface area contributed by atoms with E-state index in [2.05, 4.69) is 35.2 Å². The number of ether oxygens (including phenoxy) is 1. The van der Waals surface area contributed by atoms with Crippen LogP contribution in [0.3, 0.4) is 0 Å². The summed E-state index contributed by atoms with van der Waals surface area (Å²) in [5.74, 6) is 0.426. The minimum Gasteiger partial charge on any atom is -0.488 e. The largest absolute Gasteiger partial charge is 0.488 e. The van der Waals surface area contributed by atoms with E-state index in [9.17, 15) is 5.11 Å². The van der Waals surface area contributed by atoms with Crippen LogP contribution in [0.25, 0.3) is 5.57 Å². The van der Waals surface area contributed by atoms with Gasteiger partial charge < -0.3 is 9.84 Å².